The van der Waals surface area contributed by atoms with Crippen molar-refractivity contribution in [2.45, 2.75) is 32.4 Å². The second-order valence-corrected chi connectivity index (χ2v) is 5.12. The van der Waals surface area contributed by atoms with Crippen molar-refractivity contribution >= 4 is 0 Å². The third-order valence-corrected chi connectivity index (χ3v) is 3.53. The number of hydrogen-bond acceptors (Lipinski definition) is 3. The highest BCUT2D eigenvalue weighted by Crippen LogP contribution is 2.16. The van der Waals surface area contributed by atoms with Crippen molar-refractivity contribution in [1.82, 2.24) is 4.90 Å². The average Bonchev–Trinajstić information content (AvgIpc) is 2.41. The first-order chi connectivity index (χ1) is 8.78. The Morgan fingerprint density at radius 1 is 1.22 bits per heavy atom. The zero-order valence-electron chi connectivity index (χ0n) is 11.3. The number of nitrogens with zero attached hydrogens (tertiary/aromatic N) is 1. The Morgan fingerprint density at radius 2 is 1.89 bits per heavy atom. The number of ether oxygens (including phenoxy) is 1. The molecule has 1 saturated heterocycles. The minimum absolute atomic E-state index is 0.419. The molecule has 18 heavy (non-hydrogen) atoms. The van der Waals surface area contributed by atoms with Crippen LogP contribution < -0.4 is 5.73 Å². The molecule has 0 aliphatic carbocycles. The van der Waals surface area contributed by atoms with Gasteiger partial charge in [0.2, 0.25) is 0 Å². The summed E-state index contributed by atoms with van der Waals surface area (Å²) in [5.74, 6) is 0. The van der Waals surface area contributed by atoms with E-state index in [0.29, 0.717) is 19.3 Å². The summed E-state index contributed by atoms with van der Waals surface area (Å²) in [6, 6.07) is 8.83. The number of rotatable bonds is 5. The molecule has 0 unspecified atom stereocenters. The number of aryl methyl sites for hydroxylation is 1. The molecule has 2 rings (SSSR count). The molecule has 1 aliphatic rings. The Kier molecular flexibility index (Phi) is 5.17. The lowest BCUT2D eigenvalue weighted by molar-refractivity contribution is 0.00979. The van der Waals surface area contributed by atoms with Crippen LogP contribution in [0, 0.1) is 6.92 Å². The van der Waals surface area contributed by atoms with Crippen LogP contribution in [0.3, 0.4) is 0 Å². The number of nitrogens with two attached hydrogens (primary N) is 1. The monoisotopic (exact) mass is 248 g/mol. The van der Waals surface area contributed by atoms with Gasteiger partial charge < -0.3 is 10.5 Å². The molecule has 2 N–H and O–H groups in total. The van der Waals surface area contributed by atoms with Gasteiger partial charge in [-0.3, -0.25) is 4.90 Å². The van der Waals surface area contributed by atoms with Crippen LogP contribution in [0.1, 0.15) is 24.0 Å². The molecule has 3 heteroatoms. The summed E-state index contributed by atoms with van der Waals surface area (Å²) in [5.41, 5.74) is 8.18. The Labute approximate surface area is 110 Å². The Bertz CT molecular complexity index is 342. The molecule has 0 atom stereocenters. The summed E-state index contributed by atoms with van der Waals surface area (Å²) in [6.07, 6.45) is 2.68. The first kappa shape index (κ1) is 13.5. The zero-order valence-corrected chi connectivity index (χ0v) is 11.3. The van der Waals surface area contributed by atoms with E-state index >= 15 is 0 Å². The molecule has 0 saturated carbocycles. The van der Waals surface area contributed by atoms with Crippen LogP contribution in [-0.4, -0.2) is 37.2 Å². The minimum Gasteiger partial charge on any atom is -0.377 e. The van der Waals surface area contributed by atoms with Gasteiger partial charge >= 0.3 is 0 Å². The maximum Gasteiger partial charge on any atom is 0.0600 e. The topological polar surface area (TPSA) is 38.5 Å². The van der Waals surface area contributed by atoms with E-state index in [-0.39, 0.29) is 0 Å². The molecular formula is C15H24N2O. The molecule has 1 aromatic carbocycles. The van der Waals surface area contributed by atoms with Crippen LogP contribution in [-0.2, 0) is 11.3 Å². The predicted octanol–water partition coefficient (Wildman–Crippen LogP) is 1.93. The van der Waals surface area contributed by atoms with E-state index in [4.69, 9.17) is 10.5 Å². The highest BCUT2D eigenvalue weighted by atomic mass is 16.5. The van der Waals surface area contributed by atoms with Gasteiger partial charge in [0.25, 0.3) is 0 Å². The van der Waals surface area contributed by atoms with Gasteiger partial charge in [0.15, 0.2) is 0 Å². The normalized spacial score (nSPS) is 18.1. The first-order valence-electron chi connectivity index (χ1n) is 6.87. The van der Waals surface area contributed by atoms with Crippen molar-refractivity contribution < 1.29 is 4.74 Å². The summed E-state index contributed by atoms with van der Waals surface area (Å²) < 4.78 is 5.69. The van der Waals surface area contributed by atoms with E-state index < -0.39 is 0 Å². The number of likely N-dealkylation sites (tertiary alicyclic amines) is 1. The molecule has 1 aliphatic heterocycles. The van der Waals surface area contributed by atoms with Gasteiger partial charge in [0, 0.05) is 26.2 Å². The molecule has 100 valence electrons. The van der Waals surface area contributed by atoms with Crippen LogP contribution in [0.25, 0.3) is 0 Å². The Hall–Kier alpha value is -0.900. The van der Waals surface area contributed by atoms with Gasteiger partial charge in [-0.1, -0.05) is 29.8 Å². The molecule has 1 heterocycles. The Morgan fingerprint density at radius 3 is 2.50 bits per heavy atom. The summed E-state index contributed by atoms with van der Waals surface area (Å²) >= 11 is 0. The van der Waals surface area contributed by atoms with Gasteiger partial charge in [-0.05, 0) is 25.3 Å². The molecule has 0 bridgehead atoms. The molecule has 0 radical (unpaired) electrons. The van der Waals surface area contributed by atoms with E-state index in [1.54, 1.807) is 0 Å². The van der Waals surface area contributed by atoms with Gasteiger partial charge in [-0.25, -0.2) is 0 Å². The first-order valence-corrected chi connectivity index (χ1v) is 6.87. The van der Waals surface area contributed by atoms with Crippen molar-refractivity contribution in [3.63, 3.8) is 0 Å². The third-order valence-electron chi connectivity index (χ3n) is 3.53. The van der Waals surface area contributed by atoms with E-state index in [0.717, 1.165) is 32.5 Å². The lowest BCUT2D eigenvalue weighted by atomic mass is 10.1. The fraction of sp³-hybridized carbons (Fsp3) is 0.600. The standard InChI is InChI=1S/C15H24N2O/c1-13-2-4-14(5-3-13)12-17-9-6-15(7-10-17)18-11-8-16/h2-5,15H,6-12,16H2,1H3. The second kappa shape index (κ2) is 6.88. The summed E-state index contributed by atoms with van der Waals surface area (Å²) in [7, 11) is 0. The lowest BCUT2D eigenvalue weighted by Crippen LogP contribution is -2.37. The van der Waals surface area contributed by atoms with Crippen LogP contribution in [0.5, 0.6) is 0 Å². The van der Waals surface area contributed by atoms with Crippen LogP contribution in [0.2, 0.25) is 0 Å². The fourth-order valence-electron chi connectivity index (χ4n) is 2.42. The maximum absolute atomic E-state index is 5.69. The van der Waals surface area contributed by atoms with Crippen molar-refractivity contribution in [2.75, 3.05) is 26.2 Å². The van der Waals surface area contributed by atoms with Crippen molar-refractivity contribution in [3.8, 4) is 0 Å². The van der Waals surface area contributed by atoms with Crippen LogP contribution in [0.4, 0.5) is 0 Å². The van der Waals surface area contributed by atoms with Gasteiger partial charge in [0.1, 0.15) is 0 Å². The highest BCUT2D eigenvalue weighted by molar-refractivity contribution is 5.21. The van der Waals surface area contributed by atoms with E-state index in [1.807, 2.05) is 0 Å². The summed E-state index contributed by atoms with van der Waals surface area (Å²) in [5, 5.41) is 0. The Balaban J connectivity index is 1.74. The number of piperidine rings is 1. The SMILES string of the molecule is Cc1ccc(CN2CCC(OCCN)CC2)cc1. The molecule has 0 aromatic heterocycles. The quantitative estimate of drug-likeness (QED) is 0.865. The maximum atomic E-state index is 5.69. The average molecular weight is 248 g/mol. The van der Waals surface area contributed by atoms with Gasteiger partial charge in [-0.2, -0.15) is 0 Å². The zero-order chi connectivity index (χ0) is 12.8. The van der Waals surface area contributed by atoms with Crippen LogP contribution in [0.15, 0.2) is 24.3 Å². The molecule has 3 nitrogen and oxygen atoms in total. The smallest absolute Gasteiger partial charge is 0.0600 e. The van der Waals surface area contributed by atoms with Crippen LogP contribution >= 0.6 is 0 Å². The lowest BCUT2D eigenvalue weighted by Gasteiger charge is -2.31. The van der Waals surface area contributed by atoms with E-state index in [2.05, 4.69) is 36.1 Å². The largest absolute Gasteiger partial charge is 0.377 e. The molecule has 1 fully saturated rings. The second-order valence-electron chi connectivity index (χ2n) is 5.12. The third kappa shape index (κ3) is 4.09. The van der Waals surface area contributed by atoms with E-state index in [9.17, 15) is 0 Å². The van der Waals surface area contributed by atoms with Crippen molar-refractivity contribution in [1.29, 1.82) is 0 Å². The molecule has 0 spiro atoms. The van der Waals surface area contributed by atoms with Gasteiger partial charge in [-0.15, -0.1) is 0 Å². The van der Waals surface area contributed by atoms with E-state index in [1.165, 1.54) is 11.1 Å². The number of hydrogen-bond donors (Lipinski definition) is 1. The number of benzene rings is 1. The minimum atomic E-state index is 0.419. The predicted molar refractivity (Wildman–Crippen MR) is 74.5 cm³/mol. The highest BCUT2D eigenvalue weighted by Gasteiger charge is 2.19. The van der Waals surface area contributed by atoms with Gasteiger partial charge in [0.05, 0.1) is 12.7 Å². The van der Waals surface area contributed by atoms with Crippen molar-refractivity contribution in [2.24, 2.45) is 5.73 Å². The molecule has 1 aromatic rings. The summed E-state index contributed by atoms with van der Waals surface area (Å²) in [6.45, 7) is 6.77. The van der Waals surface area contributed by atoms with Crippen molar-refractivity contribution in [3.05, 3.63) is 35.4 Å². The summed E-state index contributed by atoms with van der Waals surface area (Å²) in [4.78, 5) is 2.51. The fourth-order valence-corrected chi connectivity index (χ4v) is 2.42. The molecular weight excluding hydrogens is 224 g/mol. The molecule has 0 amide bonds.